The van der Waals surface area contributed by atoms with Crippen LogP contribution in [-0.2, 0) is 12.0 Å². The normalized spacial score (nSPS) is 19.2. The standard InChI is InChI=1S/C22H21F2N3O3S/c1-11-5-13(12(2)25-16-8-31-7-15(16)19(29)30)17-14(6-11)18(28)27-4-3-21(20(27)26-17)9-22(23,24)10-21/h5-8,12,25H,3-4,9-10H2,1-2H3,(H,29,30)/t12-/m1/s1. The van der Waals surface area contributed by atoms with E-state index in [0.29, 0.717) is 35.4 Å². The van der Waals surface area contributed by atoms with Crippen LogP contribution in [0.3, 0.4) is 0 Å². The third-order valence-corrected chi connectivity index (χ3v) is 7.19. The van der Waals surface area contributed by atoms with Crippen molar-refractivity contribution in [3.8, 4) is 0 Å². The highest BCUT2D eigenvalue weighted by Crippen LogP contribution is 2.57. The number of carboxylic acids is 1. The summed E-state index contributed by atoms with van der Waals surface area (Å²) in [5.41, 5.74) is 1.84. The Labute approximate surface area is 180 Å². The van der Waals surface area contributed by atoms with Gasteiger partial charge in [0.1, 0.15) is 5.82 Å². The summed E-state index contributed by atoms with van der Waals surface area (Å²) in [7, 11) is 0. The topological polar surface area (TPSA) is 84.2 Å². The average Bonchev–Trinajstić information content (AvgIpc) is 3.27. The van der Waals surface area contributed by atoms with E-state index in [-0.39, 0.29) is 30.0 Å². The Kier molecular flexibility index (Phi) is 4.28. The molecule has 1 aliphatic heterocycles. The van der Waals surface area contributed by atoms with Crippen molar-refractivity contribution >= 4 is 33.9 Å². The summed E-state index contributed by atoms with van der Waals surface area (Å²) in [5, 5.41) is 16.3. The van der Waals surface area contributed by atoms with Gasteiger partial charge >= 0.3 is 5.97 Å². The predicted octanol–water partition coefficient (Wildman–Crippen LogP) is 4.71. The molecule has 2 aromatic heterocycles. The molecule has 31 heavy (non-hydrogen) atoms. The van der Waals surface area contributed by atoms with Gasteiger partial charge in [-0.25, -0.2) is 18.6 Å². The lowest BCUT2D eigenvalue weighted by atomic mass is 9.65. The van der Waals surface area contributed by atoms with Crippen molar-refractivity contribution in [3.63, 3.8) is 0 Å². The first-order chi connectivity index (χ1) is 14.6. The number of aromatic carboxylic acids is 1. The first kappa shape index (κ1) is 20.1. The monoisotopic (exact) mass is 445 g/mol. The lowest BCUT2D eigenvalue weighted by Gasteiger charge is -2.43. The highest BCUT2D eigenvalue weighted by atomic mass is 32.1. The largest absolute Gasteiger partial charge is 0.478 e. The van der Waals surface area contributed by atoms with Crippen molar-refractivity contribution in [1.82, 2.24) is 9.55 Å². The molecule has 0 saturated heterocycles. The van der Waals surface area contributed by atoms with E-state index in [1.807, 2.05) is 19.9 Å². The van der Waals surface area contributed by atoms with E-state index in [4.69, 9.17) is 4.98 Å². The van der Waals surface area contributed by atoms with Gasteiger partial charge in [-0.1, -0.05) is 6.07 Å². The van der Waals surface area contributed by atoms with Gasteiger partial charge in [0.05, 0.1) is 28.2 Å². The van der Waals surface area contributed by atoms with Crippen molar-refractivity contribution in [2.24, 2.45) is 0 Å². The molecular formula is C22H21F2N3O3S. The second kappa shape index (κ2) is 6.59. The predicted molar refractivity (Wildman–Crippen MR) is 115 cm³/mol. The Bertz CT molecular complexity index is 1290. The lowest BCUT2D eigenvalue weighted by molar-refractivity contribution is -0.127. The van der Waals surface area contributed by atoms with Crippen molar-refractivity contribution < 1.29 is 18.7 Å². The highest BCUT2D eigenvalue weighted by Gasteiger charge is 2.61. The van der Waals surface area contributed by atoms with Gasteiger partial charge in [0.15, 0.2) is 0 Å². The number of anilines is 1. The Balaban J connectivity index is 1.63. The first-order valence-corrected chi connectivity index (χ1v) is 11.0. The second-order valence-electron chi connectivity index (χ2n) is 8.75. The summed E-state index contributed by atoms with van der Waals surface area (Å²) in [6.07, 6.45) is -0.0478. The van der Waals surface area contributed by atoms with Crippen LogP contribution in [0.15, 0.2) is 27.7 Å². The second-order valence-corrected chi connectivity index (χ2v) is 9.50. The summed E-state index contributed by atoms with van der Waals surface area (Å²) in [5.74, 6) is -3.28. The van der Waals surface area contributed by atoms with Crippen LogP contribution in [-0.4, -0.2) is 26.5 Å². The van der Waals surface area contributed by atoms with Crippen LogP contribution in [0, 0.1) is 6.92 Å². The molecule has 1 atom stereocenters. The number of hydrogen-bond acceptors (Lipinski definition) is 5. The van der Waals surface area contributed by atoms with Gasteiger partial charge in [-0.05, 0) is 31.9 Å². The van der Waals surface area contributed by atoms with Crippen LogP contribution >= 0.6 is 11.3 Å². The molecule has 5 rings (SSSR count). The van der Waals surface area contributed by atoms with Gasteiger partial charge in [0.25, 0.3) is 5.56 Å². The van der Waals surface area contributed by atoms with E-state index in [1.165, 1.54) is 11.3 Å². The van der Waals surface area contributed by atoms with Gasteiger partial charge in [-0.2, -0.15) is 0 Å². The van der Waals surface area contributed by atoms with Gasteiger partial charge in [0, 0.05) is 41.1 Å². The fraction of sp³-hybridized carbons (Fsp3) is 0.409. The number of carbonyl (C=O) groups is 1. The molecule has 0 bridgehead atoms. The molecule has 3 aromatic rings. The van der Waals surface area contributed by atoms with Crippen LogP contribution in [0.25, 0.3) is 10.9 Å². The molecule has 2 aliphatic rings. The number of fused-ring (bicyclic) bond motifs is 3. The van der Waals surface area contributed by atoms with E-state index in [2.05, 4.69) is 5.32 Å². The maximum atomic E-state index is 13.7. The van der Waals surface area contributed by atoms with Crippen LogP contribution in [0.1, 0.15) is 59.5 Å². The highest BCUT2D eigenvalue weighted by molar-refractivity contribution is 7.08. The van der Waals surface area contributed by atoms with Gasteiger partial charge in [-0.15, -0.1) is 11.3 Å². The number of aromatic nitrogens is 2. The number of nitrogens with zero attached hydrogens (tertiary/aromatic N) is 2. The number of benzene rings is 1. The zero-order valence-corrected chi connectivity index (χ0v) is 17.9. The van der Waals surface area contributed by atoms with Crippen LogP contribution in [0.4, 0.5) is 14.5 Å². The zero-order chi connectivity index (χ0) is 22.1. The van der Waals surface area contributed by atoms with Crippen LogP contribution in [0.2, 0.25) is 0 Å². The minimum absolute atomic E-state index is 0.179. The Hall–Kier alpha value is -2.81. The third kappa shape index (κ3) is 3.05. The summed E-state index contributed by atoms with van der Waals surface area (Å²) in [6, 6.07) is 3.35. The fourth-order valence-corrected chi connectivity index (χ4v) is 5.80. The van der Waals surface area contributed by atoms with Crippen LogP contribution < -0.4 is 10.9 Å². The number of halogens is 2. The summed E-state index contributed by atoms with van der Waals surface area (Å²) in [6.45, 7) is 4.16. The molecule has 1 spiro atoms. The molecule has 0 radical (unpaired) electrons. The van der Waals surface area contributed by atoms with Gasteiger partial charge < -0.3 is 10.4 Å². The van der Waals surface area contributed by atoms with E-state index < -0.39 is 17.3 Å². The number of nitrogens with one attached hydrogen (secondary N) is 1. The quantitative estimate of drug-likeness (QED) is 0.608. The molecule has 2 N–H and O–H groups in total. The molecule has 0 unspecified atom stereocenters. The SMILES string of the molecule is Cc1cc([C@@H](C)Nc2cscc2C(=O)O)c2nc3n(c(=O)c2c1)CCC31CC(F)(F)C1. The fourth-order valence-electron chi connectivity index (χ4n) is 5.04. The Morgan fingerprint density at radius 2 is 2.06 bits per heavy atom. The smallest absolute Gasteiger partial charge is 0.338 e. The molecule has 0 amide bonds. The average molecular weight is 445 g/mol. The van der Waals surface area contributed by atoms with E-state index in [9.17, 15) is 23.5 Å². The van der Waals surface area contributed by atoms with Crippen molar-refractivity contribution in [1.29, 1.82) is 0 Å². The van der Waals surface area contributed by atoms with Crippen molar-refractivity contribution in [2.75, 3.05) is 5.32 Å². The maximum Gasteiger partial charge on any atom is 0.338 e. The number of thiophene rings is 1. The Morgan fingerprint density at radius 3 is 2.74 bits per heavy atom. The number of hydrogen-bond donors (Lipinski definition) is 2. The molecule has 1 fully saturated rings. The van der Waals surface area contributed by atoms with Gasteiger partial charge in [-0.3, -0.25) is 9.36 Å². The lowest BCUT2D eigenvalue weighted by Crippen LogP contribution is -2.49. The van der Waals surface area contributed by atoms with Gasteiger partial charge in [0.2, 0.25) is 5.92 Å². The first-order valence-electron chi connectivity index (χ1n) is 10.1. The summed E-state index contributed by atoms with van der Waals surface area (Å²) in [4.78, 5) is 29.5. The summed E-state index contributed by atoms with van der Waals surface area (Å²) < 4.78 is 29.0. The molecule has 6 nitrogen and oxygen atoms in total. The number of rotatable bonds is 4. The number of carboxylic acid groups (broad SMARTS) is 1. The van der Waals surface area contributed by atoms with Crippen molar-refractivity contribution in [2.45, 2.75) is 57.0 Å². The molecule has 3 heterocycles. The zero-order valence-electron chi connectivity index (χ0n) is 17.0. The van der Waals surface area contributed by atoms with Crippen molar-refractivity contribution in [3.05, 3.63) is 55.8 Å². The maximum absolute atomic E-state index is 13.7. The summed E-state index contributed by atoms with van der Waals surface area (Å²) >= 11 is 1.28. The minimum atomic E-state index is -2.71. The van der Waals surface area contributed by atoms with E-state index in [1.54, 1.807) is 21.4 Å². The third-order valence-electron chi connectivity index (χ3n) is 6.45. The Morgan fingerprint density at radius 1 is 1.32 bits per heavy atom. The minimum Gasteiger partial charge on any atom is -0.478 e. The van der Waals surface area contributed by atoms with Crippen LogP contribution in [0.5, 0.6) is 0 Å². The molecule has 1 saturated carbocycles. The molecule has 1 aromatic carbocycles. The molecular weight excluding hydrogens is 424 g/mol. The van der Waals surface area contributed by atoms with E-state index >= 15 is 0 Å². The number of alkyl halides is 2. The van der Waals surface area contributed by atoms with E-state index in [0.717, 1.165) is 11.1 Å². The molecule has 1 aliphatic carbocycles. The molecule has 162 valence electrons. The number of aryl methyl sites for hydroxylation is 1. The molecule has 9 heteroatoms.